The Labute approximate surface area is 101 Å². The number of aromatic nitrogens is 2. The van der Waals surface area contributed by atoms with Crippen molar-refractivity contribution in [3.8, 4) is 0 Å². The second kappa shape index (κ2) is 4.39. The Balaban J connectivity index is 2.36. The SMILES string of the molecule is CCc1nc(C(=O)OC)c(N)n1C1CC(C)C1. The molecule has 2 N–H and O–H groups in total. The fourth-order valence-corrected chi connectivity index (χ4v) is 2.47. The van der Waals surface area contributed by atoms with Gasteiger partial charge in [-0.25, -0.2) is 9.78 Å². The van der Waals surface area contributed by atoms with Crippen LogP contribution in [0.5, 0.6) is 0 Å². The van der Waals surface area contributed by atoms with E-state index in [0.29, 0.717) is 11.9 Å². The molecule has 0 atom stereocenters. The molecule has 1 aliphatic rings. The number of ether oxygens (including phenoxy) is 1. The molecule has 1 aromatic rings. The smallest absolute Gasteiger partial charge is 0.360 e. The highest BCUT2D eigenvalue weighted by atomic mass is 16.5. The molecule has 2 rings (SSSR count). The van der Waals surface area contributed by atoms with E-state index in [1.165, 1.54) is 7.11 Å². The van der Waals surface area contributed by atoms with E-state index in [-0.39, 0.29) is 5.69 Å². The van der Waals surface area contributed by atoms with Crippen molar-refractivity contribution in [1.29, 1.82) is 0 Å². The maximum atomic E-state index is 11.5. The first-order chi connectivity index (χ1) is 8.08. The number of carbonyl (C=O) groups excluding carboxylic acids is 1. The highest BCUT2D eigenvalue weighted by Crippen LogP contribution is 2.40. The number of methoxy groups -OCH3 is 1. The average Bonchev–Trinajstić information content (AvgIpc) is 2.61. The number of carbonyl (C=O) groups is 1. The Morgan fingerprint density at radius 2 is 2.24 bits per heavy atom. The van der Waals surface area contributed by atoms with Gasteiger partial charge in [-0.3, -0.25) is 0 Å². The summed E-state index contributed by atoms with van der Waals surface area (Å²) >= 11 is 0. The average molecular weight is 237 g/mol. The summed E-state index contributed by atoms with van der Waals surface area (Å²) in [5, 5.41) is 0. The Bertz CT molecular complexity index is 433. The van der Waals surface area contributed by atoms with Gasteiger partial charge in [-0.15, -0.1) is 0 Å². The molecule has 17 heavy (non-hydrogen) atoms. The molecule has 0 unspecified atom stereocenters. The lowest BCUT2D eigenvalue weighted by Crippen LogP contribution is -2.27. The molecule has 0 spiro atoms. The zero-order valence-corrected chi connectivity index (χ0v) is 10.6. The van der Waals surface area contributed by atoms with E-state index in [0.717, 1.165) is 31.0 Å². The van der Waals surface area contributed by atoms with Crippen LogP contribution < -0.4 is 5.73 Å². The second-order valence-electron chi connectivity index (χ2n) is 4.71. The predicted molar refractivity (Wildman–Crippen MR) is 64.8 cm³/mol. The predicted octanol–water partition coefficient (Wildman–Crippen LogP) is 1.79. The van der Waals surface area contributed by atoms with Crippen molar-refractivity contribution >= 4 is 11.8 Å². The molecule has 1 heterocycles. The van der Waals surface area contributed by atoms with Gasteiger partial charge in [0.1, 0.15) is 11.6 Å². The summed E-state index contributed by atoms with van der Waals surface area (Å²) in [6, 6.07) is 0.394. The van der Waals surface area contributed by atoms with Crippen LogP contribution in [0.3, 0.4) is 0 Å². The van der Waals surface area contributed by atoms with E-state index in [4.69, 9.17) is 5.73 Å². The third kappa shape index (κ3) is 1.90. The van der Waals surface area contributed by atoms with Gasteiger partial charge in [-0.2, -0.15) is 0 Å². The molecule has 1 fully saturated rings. The molecular formula is C12H19N3O2. The highest BCUT2D eigenvalue weighted by Gasteiger charge is 2.32. The summed E-state index contributed by atoms with van der Waals surface area (Å²) in [5.41, 5.74) is 6.27. The van der Waals surface area contributed by atoms with E-state index < -0.39 is 5.97 Å². The van der Waals surface area contributed by atoms with Gasteiger partial charge in [0.15, 0.2) is 5.69 Å². The standard InChI is InChI=1S/C12H19N3O2/c1-4-9-14-10(12(16)17-3)11(13)15(9)8-5-7(2)6-8/h7-8H,4-6,13H2,1-3H3. The number of nitrogen functional groups attached to an aromatic ring is 1. The molecule has 1 aliphatic carbocycles. The van der Waals surface area contributed by atoms with Gasteiger partial charge in [0, 0.05) is 12.5 Å². The van der Waals surface area contributed by atoms with Crippen LogP contribution in [-0.4, -0.2) is 22.6 Å². The summed E-state index contributed by atoms with van der Waals surface area (Å²) in [6.07, 6.45) is 2.98. The van der Waals surface area contributed by atoms with E-state index in [2.05, 4.69) is 16.6 Å². The molecule has 1 aromatic heterocycles. The second-order valence-corrected chi connectivity index (χ2v) is 4.71. The lowest BCUT2D eigenvalue weighted by molar-refractivity contribution is 0.0595. The molecule has 5 heteroatoms. The minimum atomic E-state index is -0.455. The fraction of sp³-hybridized carbons (Fsp3) is 0.667. The molecule has 0 saturated heterocycles. The van der Waals surface area contributed by atoms with Crippen molar-refractivity contribution in [3.05, 3.63) is 11.5 Å². The number of nitrogens with two attached hydrogens (primary N) is 1. The number of nitrogens with zero attached hydrogens (tertiary/aromatic N) is 2. The number of hydrogen-bond acceptors (Lipinski definition) is 4. The molecule has 0 amide bonds. The van der Waals surface area contributed by atoms with E-state index in [9.17, 15) is 4.79 Å². The minimum absolute atomic E-state index is 0.254. The summed E-state index contributed by atoms with van der Waals surface area (Å²) in [6.45, 7) is 4.23. The van der Waals surface area contributed by atoms with Crippen LogP contribution in [0.15, 0.2) is 0 Å². The Hall–Kier alpha value is -1.52. The van der Waals surface area contributed by atoms with Crippen LogP contribution in [0.1, 0.15) is 49.0 Å². The lowest BCUT2D eigenvalue weighted by Gasteiger charge is -2.35. The van der Waals surface area contributed by atoms with Gasteiger partial charge in [0.2, 0.25) is 0 Å². The molecule has 94 valence electrons. The van der Waals surface area contributed by atoms with Crippen molar-refractivity contribution in [2.45, 2.75) is 39.2 Å². The van der Waals surface area contributed by atoms with Gasteiger partial charge in [-0.05, 0) is 18.8 Å². The first-order valence-electron chi connectivity index (χ1n) is 6.03. The number of anilines is 1. The maximum absolute atomic E-state index is 11.5. The van der Waals surface area contributed by atoms with Crippen molar-refractivity contribution in [3.63, 3.8) is 0 Å². The summed E-state index contributed by atoms with van der Waals surface area (Å²) < 4.78 is 6.69. The Morgan fingerprint density at radius 1 is 1.59 bits per heavy atom. The largest absolute Gasteiger partial charge is 0.464 e. The lowest BCUT2D eigenvalue weighted by atomic mass is 9.81. The van der Waals surface area contributed by atoms with Crippen LogP contribution in [-0.2, 0) is 11.2 Å². The number of esters is 1. The molecule has 1 saturated carbocycles. The highest BCUT2D eigenvalue weighted by molar-refractivity contribution is 5.92. The first-order valence-corrected chi connectivity index (χ1v) is 6.03. The zero-order chi connectivity index (χ0) is 12.6. The van der Waals surface area contributed by atoms with Gasteiger partial charge in [0.25, 0.3) is 0 Å². The summed E-state index contributed by atoms with van der Waals surface area (Å²) in [5.74, 6) is 1.60. The third-order valence-electron chi connectivity index (χ3n) is 3.43. The van der Waals surface area contributed by atoms with Gasteiger partial charge < -0.3 is 15.0 Å². The normalized spacial score (nSPS) is 23.2. The molecule has 5 nitrogen and oxygen atoms in total. The topological polar surface area (TPSA) is 70.1 Å². The van der Waals surface area contributed by atoms with Gasteiger partial charge in [0.05, 0.1) is 7.11 Å². The molecule has 0 aromatic carbocycles. The number of rotatable bonds is 3. The first kappa shape index (κ1) is 12.0. The van der Waals surface area contributed by atoms with Crippen molar-refractivity contribution in [2.75, 3.05) is 12.8 Å². The minimum Gasteiger partial charge on any atom is -0.464 e. The van der Waals surface area contributed by atoms with Crippen LogP contribution in [0, 0.1) is 5.92 Å². The third-order valence-corrected chi connectivity index (χ3v) is 3.43. The summed E-state index contributed by atoms with van der Waals surface area (Å²) in [7, 11) is 1.35. The van der Waals surface area contributed by atoms with Crippen LogP contribution in [0.2, 0.25) is 0 Å². The fourth-order valence-electron chi connectivity index (χ4n) is 2.47. The molecule has 0 aliphatic heterocycles. The monoisotopic (exact) mass is 237 g/mol. The van der Waals surface area contributed by atoms with Crippen molar-refractivity contribution in [2.24, 2.45) is 5.92 Å². The molecular weight excluding hydrogens is 218 g/mol. The number of imidazole rings is 1. The van der Waals surface area contributed by atoms with Crippen LogP contribution in [0.4, 0.5) is 5.82 Å². The Kier molecular flexibility index (Phi) is 3.09. The molecule has 0 radical (unpaired) electrons. The van der Waals surface area contributed by atoms with Gasteiger partial charge in [-0.1, -0.05) is 13.8 Å². The van der Waals surface area contributed by atoms with E-state index in [1.807, 2.05) is 11.5 Å². The quantitative estimate of drug-likeness (QED) is 0.813. The zero-order valence-electron chi connectivity index (χ0n) is 10.6. The van der Waals surface area contributed by atoms with Crippen molar-refractivity contribution in [1.82, 2.24) is 9.55 Å². The Morgan fingerprint density at radius 3 is 2.71 bits per heavy atom. The van der Waals surface area contributed by atoms with Crippen molar-refractivity contribution < 1.29 is 9.53 Å². The summed E-state index contributed by atoms with van der Waals surface area (Å²) in [4.78, 5) is 15.8. The maximum Gasteiger partial charge on any atom is 0.360 e. The molecule has 0 bridgehead atoms. The van der Waals surface area contributed by atoms with E-state index >= 15 is 0 Å². The number of aryl methyl sites for hydroxylation is 1. The van der Waals surface area contributed by atoms with Crippen LogP contribution in [0.25, 0.3) is 0 Å². The van der Waals surface area contributed by atoms with Crippen LogP contribution >= 0.6 is 0 Å². The number of hydrogen-bond donors (Lipinski definition) is 1. The van der Waals surface area contributed by atoms with Gasteiger partial charge >= 0.3 is 5.97 Å². The van der Waals surface area contributed by atoms with E-state index in [1.54, 1.807) is 0 Å².